The van der Waals surface area contributed by atoms with Crippen LogP contribution in [0.15, 0.2) is 0 Å². The Morgan fingerprint density at radius 1 is 1.50 bits per heavy atom. The second-order valence-corrected chi connectivity index (χ2v) is 2.28. The number of carbonyl (C=O) groups is 1. The van der Waals surface area contributed by atoms with Crippen LogP contribution in [0.3, 0.4) is 0 Å². The first kappa shape index (κ1) is 2.78. The minimum Gasteiger partial charge on any atom is -0.303 e. The van der Waals surface area contributed by atoms with Crippen molar-refractivity contribution < 1.29 is 4.79 Å². The van der Waals surface area contributed by atoms with Gasteiger partial charge in [-0.15, -0.1) is 0 Å². The van der Waals surface area contributed by atoms with Gasteiger partial charge in [0.25, 0.3) is 0 Å². The van der Waals surface area contributed by atoms with Gasteiger partial charge in [0.05, 0.1) is 0 Å². The molecule has 6 heavy (non-hydrogen) atoms. The molecule has 0 aromatic heterocycles. The van der Waals surface area contributed by atoms with Crippen molar-refractivity contribution in [2.75, 3.05) is 0 Å². The van der Waals surface area contributed by atoms with Gasteiger partial charge in [0.1, 0.15) is 6.29 Å². The van der Waals surface area contributed by atoms with Gasteiger partial charge in [-0.2, -0.15) is 0 Å². The van der Waals surface area contributed by atoms with Gasteiger partial charge in [-0.1, -0.05) is 0 Å². The maximum Gasteiger partial charge on any atom is 0.123 e. The van der Waals surface area contributed by atoms with E-state index < -0.39 is 0 Å². The van der Waals surface area contributed by atoms with Crippen LogP contribution in [-0.4, -0.2) is 6.29 Å². The van der Waals surface area contributed by atoms with E-state index in [-0.39, 0.29) is 0 Å². The van der Waals surface area contributed by atoms with Gasteiger partial charge in [-0.3, -0.25) is 0 Å². The Balaban J connectivity index is 2.07. The number of carbonyl (C=O) groups excluding carboxylic acids is 1. The Hall–Kier alpha value is -0.330. The standard InChI is InChI=1S/C5H6O/c6-2-5-3-1-4(3)5/h2-5H,1H2/t3-,4?,5?/m1/s1. The number of fused-ring (bicyclic) bond motifs is 1. The molecule has 0 aromatic rings. The fourth-order valence-electron chi connectivity index (χ4n) is 1.03. The molecular weight excluding hydrogens is 76.1 g/mol. The van der Waals surface area contributed by atoms with Gasteiger partial charge in [-0.05, 0) is 18.3 Å². The van der Waals surface area contributed by atoms with Crippen molar-refractivity contribution in [2.24, 2.45) is 17.8 Å². The number of hydrogen-bond donors (Lipinski definition) is 0. The van der Waals surface area contributed by atoms with Crippen molar-refractivity contribution in [2.45, 2.75) is 6.42 Å². The predicted octanol–water partition coefficient (Wildman–Crippen LogP) is 0.451. The van der Waals surface area contributed by atoms with Crippen LogP contribution < -0.4 is 0 Å². The summed E-state index contributed by atoms with van der Waals surface area (Å²) < 4.78 is 0. The molecule has 0 saturated heterocycles. The molecule has 2 aliphatic carbocycles. The summed E-state index contributed by atoms with van der Waals surface area (Å²) >= 11 is 0. The molecule has 0 heterocycles. The molecule has 0 spiro atoms. The Kier molecular flexibility index (Phi) is 0.256. The van der Waals surface area contributed by atoms with E-state index in [1.807, 2.05) is 0 Å². The minimum absolute atomic E-state index is 0.519. The molecule has 0 radical (unpaired) electrons. The Morgan fingerprint density at radius 2 is 2.17 bits per heavy atom. The highest BCUT2D eigenvalue weighted by Crippen LogP contribution is 2.66. The SMILES string of the molecule is O=CC1C2C[C@@H]12. The van der Waals surface area contributed by atoms with Crippen LogP contribution in [0, 0.1) is 17.8 Å². The third kappa shape index (κ3) is 0.140. The molecule has 2 saturated carbocycles. The van der Waals surface area contributed by atoms with Gasteiger partial charge < -0.3 is 4.79 Å². The molecule has 0 bridgehead atoms. The summed E-state index contributed by atoms with van der Waals surface area (Å²) in [5.41, 5.74) is 0. The van der Waals surface area contributed by atoms with Crippen LogP contribution in [0.1, 0.15) is 6.42 Å². The molecule has 3 atom stereocenters. The highest BCUT2D eigenvalue weighted by atomic mass is 16.1. The topological polar surface area (TPSA) is 17.1 Å². The molecule has 2 aliphatic rings. The highest BCUT2D eigenvalue weighted by Gasteiger charge is 2.63. The molecule has 1 heteroatoms. The summed E-state index contributed by atoms with van der Waals surface area (Å²) in [5.74, 6) is 2.25. The first-order chi connectivity index (χ1) is 2.93. The number of hydrogen-bond acceptors (Lipinski definition) is 1. The van der Waals surface area contributed by atoms with Gasteiger partial charge in [0.2, 0.25) is 0 Å². The van der Waals surface area contributed by atoms with E-state index in [1.54, 1.807) is 0 Å². The lowest BCUT2D eigenvalue weighted by atomic mass is 10.2. The number of rotatable bonds is 1. The van der Waals surface area contributed by atoms with E-state index in [0.717, 1.165) is 18.1 Å². The largest absolute Gasteiger partial charge is 0.303 e. The van der Waals surface area contributed by atoms with Gasteiger partial charge >= 0.3 is 0 Å². The molecule has 0 aromatic carbocycles. The van der Waals surface area contributed by atoms with Crippen molar-refractivity contribution in [1.82, 2.24) is 0 Å². The summed E-state index contributed by atoms with van der Waals surface area (Å²) in [6.45, 7) is 0. The van der Waals surface area contributed by atoms with Gasteiger partial charge in [0.15, 0.2) is 0 Å². The maximum atomic E-state index is 9.81. The Labute approximate surface area is 36.3 Å². The van der Waals surface area contributed by atoms with E-state index in [2.05, 4.69) is 0 Å². The van der Waals surface area contributed by atoms with E-state index in [1.165, 1.54) is 6.42 Å². The van der Waals surface area contributed by atoms with Crippen LogP contribution in [0.4, 0.5) is 0 Å². The lowest BCUT2D eigenvalue weighted by Gasteiger charge is -1.81. The molecule has 2 rings (SSSR count). The summed E-state index contributed by atoms with van der Waals surface area (Å²) in [5, 5.41) is 0. The zero-order valence-corrected chi connectivity index (χ0v) is 3.42. The van der Waals surface area contributed by atoms with E-state index in [4.69, 9.17) is 0 Å². The average molecular weight is 82.1 g/mol. The third-order valence-electron chi connectivity index (χ3n) is 1.90. The smallest absolute Gasteiger partial charge is 0.123 e. The molecule has 2 unspecified atom stereocenters. The highest BCUT2D eigenvalue weighted by molar-refractivity contribution is 5.62. The van der Waals surface area contributed by atoms with Crippen LogP contribution in [-0.2, 0) is 4.79 Å². The van der Waals surface area contributed by atoms with E-state index in [0.29, 0.717) is 5.92 Å². The normalized spacial score (nSPS) is 59.7. The fraction of sp³-hybridized carbons (Fsp3) is 0.800. The quantitative estimate of drug-likeness (QED) is 0.420. The molecule has 2 fully saturated rings. The molecule has 1 nitrogen and oxygen atoms in total. The monoisotopic (exact) mass is 82.0 g/mol. The lowest BCUT2D eigenvalue weighted by molar-refractivity contribution is -0.109. The molecule has 0 aliphatic heterocycles. The molecule has 32 valence electrons. The van der Waals surface area contributed by atoms with E-state index >= 15 is 0 Å². The van der Waals surface area contributed by atoms with E-state index in [9.17, 15) is 4.79 Å². The van der Waals surface area contributed by atoms with Crippen molar-refractivity contribution in [1.29, 1.82) is 0 Å². The van der Waals surface area contributed by atoms with Crippen molar-refractivity contribution in [3.8, 4) is 0 Å². The van der Waals surface area contributed by atoms with Gasteiger partial charge in [-0.25, -0.2) is 0 Å². The second kappa shape index (κ2) is 0.552. The van der Waals surface area contributed by atoms with Crippen molar-refractivity contribution in [3.63, 3.8) is 0 Å². The van der Waals surface area contributed by atoms with Crippen LogP contribution in [0.5, 0.6) is 0 Å². The molecule has 0 N–H and O–H groups in total. The summed E-state index contributed by atoms with van der Waals surface area (Å²) in [6, 6.07) is 0. The molecule has 0 amide bonds. The molecular formula is C5H6O. The Bertz CT molecular complexity index is 90.1. The Morgan fingerprint density at radius 3 is 2.17 bits per heavy atom. The minimum atomic E-state index is 0.519. The zero-order chi connectivity index (χ0) is 4.15. The zero-order valence-electron chi connectivity index (χ0n) is 3.42. The van der Waals surface area contributed by atoms with Crippen LogP contribution >= 0.6 is 0 Å². The lowest BCUT2D eigenvalue weighted by Crippen LogP contribution is -1.86. The summed E-state index contributed by atoms with van der Waals surface area (Å²) in [6.07, 6.45) is 2.45. The first-order valence-electron chi connectivity index (χ1n) is 2.39. The summed E-state index contributed by atoms with van der Waals surface area (Å²) in [7, 11) is 0. The maximum absolute atomic E-state index is 9.81. The fourth-order valence-corrected chi connectivity index (χ4v) is 1.03. The van der Waals surface area contributed by atoms with Crippen LogP contribution in [0.25, 0.3) is 0 Å². The number of aldehydes is 1. The first-order valence-corrected chi connectivity index (χ1v) is 2.39. The predicted molar refractivity (Wildman–Crippen MR) is 21.2 cm³/mol. The van der Waals surface area contributed by atoms with Crippen molar-refractivity contribution >= 4 is 6.29 Å². The van der Waals surface area contributed by atoms with Crippen molar-refractivity contribution in [3.05, 3.63) is 0 Å². The second-order valence-electron chi connectivity index (χ2n) is 2.28. The van der Waals surface area contributed by atoms with Gasteiger partial charge in [0, 0.05) is 5.92 Å². The van der Waals surface area contributed by atoms with Crippen LogP contribution in [0.2, 0.25) is 0 Å². The summed E-state index contributed by atoms with van der Waals surface area (Å²) in [4.78, 5) is 9.81. The third-order valence-corrected chi connectivity index (χ3v) is 1.90. The average Bonchev–Trinajstić information content (AvgIpc) is 2.12.